The summed E-state index contributed by atoms with van der Waals surface area (Å²) >= 11 is 0. The van der Waals surface area contributed by atoms with Crippen LogP contribution in [0.1, 0.15) is 36.0 Å². The van der Waals surface area contributed by atoms with E-state index in [4.69, 9.17) is 0 Å². The van der Waals surface area contributed by atoms with Crippen molar-refractivity contribution in [1.82, 2.24) is 10.2 Å². The molecule has 0 saturated carbocycles. The Morgan fingerprint density at radius 1 is 1.17 bits per heavy atom. The normalized spacial score (nSPS) is 12.2. The summed E-state index contributed by atoms with van der Waals surface area (Å²) in [5.74, 6) is -0.371. The second-order valence-electron chi connectivity index (χ2n) is 6.25. The number of halogens is 1. The van der Waals surface area contributed by atoms with Gasteiger partial charge in [0.2, 0.25) is 5.91 Å². The van der Waals surface area contributed by atoms with E-state index in [0.717, 1.165) is 17.5 Å². The number of nitrogens with zero attached hydrogens (tertiary/aromatic N) is 1. The minimum Gasteiger partial charge on any atom is -0.351 e. The Morgan fingerprint density at radius 2 is 1.88 bits per heavy atom. The second-order valence-corrected chi connectivity index (χ2v) is 6.25. The van der Waals surface area contributed by atoms with Gasteiger partial charge in [-0.1, -0.05) is 43.3 Å². The van der Waals surface area contributed by atoms with Crippen molar-refractivity contribution in [1.29, 1.82) is 0 Å². The highest BCUT2D eigenvalue weighted by Gasteiger charge is 2.18. The summed E-state index contributed by atoms with van der Waals surface area (Å²) in [6, 6.07) is 14.8. The van der Waals surface area contributed by atoms with Crippen LogP contribution in [0.4, 0.5) is 4.39 Å². The minimum atomic E-state index is -0.213. The van der Waals surface area contributed by atoms with E-state index in [9.17, 15) is 9.18 Å². The smallest absolute Gasteiger partial charge is 0.227 e. The predicted octanol–water partition coefficient (Wildman–Crippen LogP) is 3.70. The van der Waals surface area contributed by atoms with Crippen molar-refractivity contribution >= 4 is 5.91 Å². The summed E-state index contributed by atoms with van der Waals surface area (Å²) in [6.07, 6.45) is 0.741. The number of amides is 1. The first-order chi connectivity index (χ1) is 11.5. The maximum absolute atomic E-state index is 13.8. The highest BCUT2D eigenvalue weighted by Crippen LogP contribution is 2.19. The highest BCUT2D eigenvalue weighted by atomic mass is 19.1. The quantitative estimate of drug-likeness (QED) is 0.840. The van der Waals surface area contributed by atoms with Crippen LogP contribution in [0, 0.1) is 5.82 Å². The van der Waals surface area contributed by atoms with E-state index in [1.807, 2.05) is 62.3 Å². The highest BCUT2D eigenvalue weighted by molar-refractivity contribution is 5.83. The third-order valence-electron chi connectivity index (χ3n) is 3.99. The lowest BCUT2D eigenvalue weighted by atomic mass is 9.95. The number of carbonyl (C=O) groups is 1. The lowest BCUT2D eigenvalue weighted by Gasteiger charge is -2.16. The lowest BCUT2D eigenvalue weighted by molar-refractivity contribution is -0.122. The van der Waals surface area contributed by atoms with E-state index >= 15 is 0 Å². The maximum Gasteiger partial charge on any atom is 0.227 e. The average Bonchev–Trinajstić information content (AvgIpc) is 2.57. The molecular formula is C20H25FN2O. The molecule has 0 aliphatic heterocycles. The molecule has 0 bridgehead atoms. The van der Waals surface area contributed by atoms with Crippen LogP contribution in [0.25, 0.3) is 0 Å². The molecule has 0 radical (unpaired) electrons. The molecule has 1 amide bonds. The van der Waals surface area contributed by atoms with Gasteiger partial charge in [0, 0.05) is 18.7 Å². The molecule has 0 spiro atoms. The van der Waals surface area contributed by atoms with E-state index in [0.29, 0.717) is 18.7 Å². The second kappa shape index (κ2) is 8.60. The van der Waals surface area contributed by atoms with Gasteiger partial charge in [0.05, 0.1) is 5.92 Å². The van der Waals surface area contributed by atoms with Crippen molar-refractivity contribution in [2.24, 2.45) is 0 Å². The zero-order valence-electron chi connectivity index (χ0n) is 14.6. The van der Waals surface area contributed by atoms with Gasteiger partial charge in [-0.3, -0.25) is 4.79 Å². The molecule has 0 aliphatic carbocycles. The largest absolute Gasteiger partial charge is 0.351 e. The summed E-state index contributed by atoms with van der Waals surface area (Å²) < 4.78 is 13.8. The van der Waals surface area contributed by atoms with Gasteiger partial charge in [0.15, 0.2) is 0 Å². The topological polar surface area (TPSA) is 32.3 Å². The van der Waals surface area contributed by atoms with Gasteiger partial charge in [-0.15, -0.1) is 0 Å². The molecule has 1 atom stereocenters. The number of carbonyl (C=O) groups excluding carboxylic acids is 1. The van der Waals surface area contributed by atoms with E-state index in [1.165, 1.54) is 6.07 Å². The Kier molecular flexibility index (Phi) is 6.50. The molecule has 4 heteroatoms. The first-order valence-corrected chi connectivity index (χ1v) is 8.26. The van der Waals surface area contributed by atoms with Crippen molar-refractivity contribution in [2.75, 3.05) is 14.1 Å². The average molecular weight is 328 g/mol. The third kappa shape index (κ3) is 4.90. The summed E-state index contributed by atoms with van der Waals surface area (Å²) in [7, 11) is 3.80. The molecule has 1 N–H and O–H groups in total. The summed E-state index contributed by atoms with van der Waals surface area (Å²) in [5, 5.41) is 2.97. The Labute approximate surface area is 143 Å². The fourth-order valence-corrected chi connectivity index (χ4v) is 2.77. The van der Waals surface area contributed by atoms with Gasteiger partial charge < -0.3 is 10.2 Å². The molecule has 2 aromatic rings. The molecule has 0 heterocycles. The zero-order chi connectivity index (χ0) is 17.5. The maximum atomic E-state index is 13.8. The molecular weight excluding hydrogens is 303 g/mol. The molecule has 1 unspecified atom stereocenters. The standard InChI is InChI=1S/C20H25FN2O/c1-4-18(16-8-6-5-7-9-16)20(24)22-13-15-10-11-19(21)17(12-15)14-23(2)3/h5-12,18H,4,13-14H2,1-3H3,(H,22,24). The van der Waals surface area contributed by atoms with Crippen LogP contribution < -0.4 is 5.32 Å². The predicted molar refractivity (Wildman–Crippen MR) is 95.1 cm³/mol. The van der Waals surface area contributed by atoms with Gasteiger partial charge in [-0.05, 0) is 43.8 Å². The SMILES string of the molecule is CCC(C(=O)NCc1ccc(F)c(CN(C)C)c1)c1ccccc1. The van der Waals surface area contributed by atoms with Crippen molar-refractivity contribution in [3.8, 4) is 0 Å². The number of hydrogen-bond acceptors (Lipinski definition) is 2. The van der Waals surface area contributed by atoms with Crippen LogP contribution >= 0.6 is 0 Å². The Morgan fingerprint density at radius 3 is 2.50 bits per heavy atom. The van der Waals surface area contributed by atoms with Crippen molar-refractivity contribution in [3.63, 3.8) is 0 Å². The van der Waals surface area contributed by atoms with Crippen molar-refractivity contribution < 1.29 is 9.18 Å². The van der Waals surface area contributed by atoms with Gasteiger partial charge in [-0.25, -0.2) is 4.39 Å². The fraction of sp³-hybridized carbons (Fsp3) is 0.350. The third-order valence-corrected chi connectivity index (χ3v) is 3.99. The number of hydrogen-bond donors (Lipinski definition) is 1. The molecule has 2 aromatic carbocycles. The van der Waals surface area contributed by atoms with Crippen LogP contribution in [0.5, 0.6) is 0 Å². The molecule has 0 fully saturated rings. The molecule has 0 aromatic heterocycles. The molecule has 0 aliphatic rings. The lowest BCUT2D eigenvalue weighted by Crippen LogP contribution is -2.28. The van der Waals surface area contributed by atoms with Crippen LogP contribution in [-0.4, -0.2) is 24.9 Å². The van der Waals surface area contributed by atoms with Crippen molar-refractivity contribution in [3.05, 3.63) is 71.0 Å². The number of nitrogens with one attached hydrogen (secondary N) is 1. The van der Waals surface area contributed by atoms with Crippen LogP contribution in [0.15, 0.2) is 48.5 Å². The summed E-state index contributed by atoms with van der Waals surface area (Å²) in [4.78, 5) is 14.4. The van der Waals surface area contributed by atoms with E-state index in [2.05, 4.69) is 5.32 Å². The Balaban J connectivity index is 2.03. The monoisotopic (exact) mass is 328 g/mol. The van der Waals surface area contributed by atoms with E-state index in [1.54, 1.807) is 6.07 Å². The summed E-state index contributed by atoms with van der Waals surface area (Å²) in [6.45, 7) is 2.95. The van der Waals surface area contributed by atoms with E-state index in [-0.39, 0.29) is 17.6 Å². The molecule has 0 saturated heterocycles. The van der Waals surface area contributed by atoms with E-state index < -0.39 is 0 Å². The van der Waals surface area contributed by atoms with Gasteiger partial charge in [-0.2, -0.15) is 0 Å². The van der Waals surface area contributed by atoms with Crippen LogP contribution in [0.2, 0.25) is 0 Å². The molecule has 24 heavy (non-hydrogen) atoms. The zero-order valence-corrected chi connectivity index (χ0v) is 14.6. The number of benzene rings is 2. The molecule has 3 nitrogen and oxygen atoms in total. The van der Waals surface area contributed by atoms with Crippen molar-refractivity contribution in [2.45, 2.75) is 32.4 Å². The number of rotatable bonds is 7. The Hall–Kier alpha value is -2.20. The molecule has 2 rings (SSSR count). The van der Waals surface area contributed by atoms with Gasteiger partial charge in [0.25, 0.3) is 0 Å². The first kappa shape index (κ1) is 18.1. The van der Waals surface area contributed by atoms with Crippen LogP contribution in [-0.2, 0) is 17.9 Å². The fourth-order valence-electron chi connectivity index (χ4n) is 2.77. The Bertz CT molecular complexity index is 671. The van der Waals surface area contributed by atoms with Gasteiger partial charge in [0.1, 0.15) is 5.82 Å². The van der Waals surface area contributed by atoms with Crippen LogP contribution in [0.3, 0.4) is 0 Å². The van der Waals surface area contributed by atoms with Gasteiger partial charge >= 0.3 is 0 Å². The molecule has 128 valence electrons. The minimum absolute atomic E-state index is 0.00202. The first-order valence-electron chi connectivity index (χ1n) is 8.26. The summed E-state index contributed by atoms with van der Waals surface area (Å²) in [5.41, 5.74) is 2.57.